The molecule has 1 heterocycles. The number of aliphatic imine (C=N–C) groups is 2. The van der Waals surface area contributed by atoms with Gasteiger partial charge in [0, 0.05) is 18.2 Å². The van der Waals surface area contributed by atoms with Gasteiger partial charge in [0.25, 0.3) is 0 Å². The average molecular weight is 367 g/mol. The van der Waals surface area contributed by atoms with Crippen LogP contribution in [0.25, 0.3) is 0 Å². The van der Waals surface area contributed by atoms with Gasteiger partial charge in [-0.1, -0.05) is 24.3 Å². The molecular weight excluding hydrogens is 344 g/mol. The van der Waals surface area contributed by atoms with E-state index in [2.05, 4.69) is 49.1 Å². The summed E-state index contributed by atoms with van der Waals surface area (Å²) in [5.41, 5.74) is 12.2. The van der Waals surface area contributed by atoms with Crippen LogP contribution in [0.5, 0.6) is 0 Å². The highest BCUT2D eigenvalue weighted by atomic mass is 35.5. The van der Waals surface area contributed by atoms with Gasteiger partial charge in [0.1, 0.15) is 0 Å². The quantitative estimate of drug-likeness (QED) is 0.784. The number of nitrogens with two attached hydrogens (primary N) is 1. The van der Waals surface area contributed by atoms with E-state index >= 15 is 0 Å². The van der Waals surface area contributed by atoms with E-state index < -0.39 is 0 Å². The van der Waals surface area contributed by atoms with Crippen LogP contribution in [0.15, 0.2) is 69.9 Å². The van der Waals surface area contributed by atoms with E-state index in [4.69, 9.17) is 27.3 Å². The number of benzene rings is 1. The lowest BCUT2D eigenvalue weighted by molar-refractivity contribution is 0.776. The van der Waals surface area contributed by atoms with Crippen molar-refractivity contribution in [2.45, 2.75) is 44.1 Å². The van der Waals surface area contributed by atoms with Gasteiger partial charge in [0.05, 0.1) is 39.9 Å². The molecule has 2 N–H and O–H groups in total. The van der Waals surface area contributed by atoms with Crippen molar-refractivity contribution in [3.05, 3.63) is 60.0 Å². The van der Waals surface area contributed by atoms with Gasteiger partial charge in [-0.15, -0.1) is 11.6 Å². The largest absolute Gasteiger partial charge is 0.397 e. The van der Waals surface area contributed by atoms with E-state index in [1.807, 2.05) is 18.2 Å². The molecule has 5 heteroatoms. The zero-order valence-electron chi connectivity index (χ0n) is 15.1. The number of para-hydroxylation sites is 2. The third kappa shape index (κ3) is 3.10. The van der Waals surface area contributed by atoms with Crippen molar-refractivity contribution in [3.8, 4) is 0 Å². The normalized spacial score (nSPS) is 26.2. The molecule has 0 radical (unpaired) electrons. The highest BCUT2D eigenvalue weighted by Crippen LogP contribution is 2.40. The molecule has 2 aliphatic carbocycles. The molecule has 0 saturated carbocycles. The Kier molecular flexibility index (Phi) is 4.45. The average Bonchev–Trinajstić information content (AvgIpc) is 2.61. The smallest absolute Gasteiger partial charge is 0.0871 e. The summed E-state index contributed by atoms with van der Waals surface area (Å²) in [6.45, 7) is 4.15. The van der Waals surface area contributed by atoms with Gasteiger partial charge >= 0.3 is 0 Å². The zero-order chi connectivity index (χ0) is 18.3. The highest BCUT2D eigenvalue weighted by Gasteiger charge is 2.35. The Hall–Kier alpha value is -2.33. The maximum Gasteiger partial charge on any atom is 0.0871 e. The first kappa shape index (κ1) is 17.1. The molecule has 0 saturated heterocycles. The number of hydrogen-bond acceptors (Lipinski definition) is 4. The van der Waals surface area contributed by atoms with Crippen molar-refractivity contribution >= 4 is 34.4 Å². The Morgan fingerprint density at radius 3 is 2.85 bits per heavy atom. The molecule has 3 aliphatic rings. The summed E-state index contributed by atoms with van der Waals surface area (Å²) in [4.78, 5) is 12.0. The monoisotopic (exact) mass is 366 g/mol. The fraction of sp³-hybridized carbons (Fsp3) is 0.333. The number of anilines is 1. The number of nitrogens with zero attached hydrogens (tertiary/aromatic N) is 3. The molecule has 2 atom stereocenters. The lowest BCUT2D eigenvalue weighted by Crippen LogP contribution is -2.46. The molecule has 4 rings (SSSR count). The van der Waals surface area contributed by atoms with Crippen LogP contribution in [-0.2, 0) is 0 Å². The van der Waals surface area contributed by atoms with Crippen LogP contribution >= 0.6 is 11.6 Å². The van der Waals surface area contributed by atoms with Crippen LogP contribution in [-0.4, -0.2) is 28.9 Å². The van der Waals surface area contributed by atoms with Crippen molar-refractivity contribution in [2.24, 2.45) is 15.7 Å². The Labute approximate surface area is 159 Å². The molecule has 0 bridgehead atoms. The predicted molar refractivity (Wildman–Crippen MR) is 111 cm³/mol. The molecule has 2 unspecified atom stereocenters. The summed E-state index contributed by atoms with van der Waals surface area (Å²) >= 11 is 6.24. The lowest BCUT2D eigenvalue weighted by Gasteiger charge is -2.41. The van der Waals surface area contributed by atoms with E-state index in [1.54, 1.807) is 0 Å². The topological polar surface area (TPSA) is 54.0 Å². The Balaban J connectivity index is 1.83. The number of halogens is 1. The molecule has 26 heavy (non-hydrogen) atoms. The molecule has 0 amide bonds. The van der Waals surface area contributed by atoms with E-state index in [0.29, 0.717) is 0 Å². The van der Waals surface area contributed by atoms with Crippen molar-refractivity contribution in [2.75, 3.05) is 4.90 Å². The Morgan fingerprint density at radius 2 is 2.12 bits per heavy atom. The van der Waals surface area contributed by atoms with Gasteiger partial charge < -0.3 is 10.6 Å². The van der Waals surface area contributed by atoms with Gasteiger partial charge in [0.2, 0.25) is 0 Å². The van der Waals surface area contributed by atoms with E-state index in [9.17, 15) is 0 Å². The maximum atomic E-state index is 6.28. The number of rotatable bonds is 2. The van der Waals surface area contributed by atoms with Crippen LogP contribution in [0.4, 0.5) is 11.4 Å². The molecular formula is C21H23ClN4. The fourth-order valence-corrected chi connectivity index (χ4v) is 3.83. The number of allylic oxidation sites excluding steroid dienone is 4. The summed E-state index contributed by atoms with van der Waals surface area (Å²) in [5.74, 6) is 0. The van der Waals surface area contributed by atoms with Crippen LogP contribution in [0.3, 0.4) is 0 Å². The minimum atomic E-state index is 0.0619. The van der Waals surface area contributed by atoms with Crippen molar-refractivity contribution in [1.82, 2.24) is 0 Å². The third-order valence-electron chi connectivity index (χ3n) is 4.79. The van der Waals surface area contributed by atoms with Crippen LogP contribution in [0, 0.1) is 0 Å². The van der Waals surface area contributed by atoms with E-state index in [0.717, 1.165) is 47.0 Å². The second-order valence-corrected chi connectivity index (χ2v) is 7.68. The van der Waals surface area contributed by atoms with Crippen molar-refractivity contribution in [1.29, 1.82) is 0 Å². The molecule has 0 spiro atoms. The van der Waals surface area contributed by atoms with Gasteiger partial charge in [-0.3, -0.25) is 4.99 Å². The highest BCUT2D eigenvalue weighted by molar-refractivity contribution is 6.22. The van der Waals surface area contributed by atoms with Gasteiger partial charge in [-0.2, -0.15) is 0 Å². The third-order valence-corrected chi connectivity index (χ3v) is 5.11. The van der Waals surface area contributed by atoms with Crippen LogP contribution in [0.2, 0.25) is 0 Å². The SMILES string of the molecule is CC(C)/N=C1\CC2C(=Nc3ccccc3N2C2=CCC(Cl)C=C2)C=C1N. The molecule has 1 aromatic carbocycles. The minimum Gasteiger partial charge on any atom is -0.397 e. The summed E-state index contributed by atoms with van der Waals surface area (Å²) < 4.78 is 0. The van der Waals surface area contributed by atoms with Gasteiger partial charge in [0.15, 0.2) is 0 Å². The lowest BCUT2D eigenvalue weighted by atomic mass is 9.90. The summed E-state index contributed by atoms with van der Waals surface area (Å²) in [7, 11) is 0. The predicted octanol–water partition coefficient (Wildman–Crippen LogP) is 4.49. The fourth-order valence-electron chi connectivity index (χ4n) is 3.66. The first-order chi connectivity index (χ1) is 12.5. The van der Waals surface area contributed by atoms with Crippen molar-refractivity contribution < 1.29 is 0 Å². The van der Waals surface area contributed by atoms with Gasteiger partial charge in [-0.25, -0.2) is 4.99 Å². The standard InChI is InChI=1S/C21H23ClN4/c1-13(2)24-18-12-21-19(11-16(18)23)25-17-5-3-4-6-20(17)26(21)15-9-7-14(22)8-10-15/h3-7,9-11,13-14,21H,8,12,23H2,1-2H3/b24-18+. The summed E-state index contributed by atoms with van der Waals surface area (Å²) in [6, 6.07) is 8.55. The van der Waals surface area contributed by atoms with E-state index in [-0.39, 0.29) is 17.5 Å². The first-order valence-corrected chi connectivity index (χ1v) is 9.50. The second-order valence-electron chi connectivity index (χ2n) is 7.12. The molecule has 1 aromatic rings. The first-order valence-electron chi connectivity index (χ1n) is 9.06. The molecule has 0 fully saturated rings. The number of fused-ring (bicyclic) bond motifs is 2. The summed E-state index contributed by atoms with van der Waals surface area (Å²) in [6.07, 6.45) is 9.94. The molecule has 0 aromatic heterocycles. The molecule has 134 valence electrons. The van der Waals surface area contributed by atoms with Gasteiger partial charge in [-0.05, 0) is 44.6 Å². The Morgan fingerprint density at radius 1 is 1.31 bits per heavy atom. The summed E-state index contributed by atoms with van der Waals surface area (Å²) in [5, 5.41) is 0.0619. The van der Waals surface area contributed by atoms with Crippen LogP contribution < -0.4 is 10.6 Å². The van der Waals surface area contributed by atoms with Crippen LogP contribution in [0.1, 0.15) is 26.7 Å². The maximum absolute atomic E-state index is 6.28. The number of hydrogen-bond donors (Lipinski definition) is 1. The minimum absolute atomic E-state index is 0.0619. The Bertz CT molecular complexity index is 876. The van der Waals surface area contributed by atoms with E-state index in [1.165, 1.54) is 0 Å². The van der Waals surface area contributed by atoms with Crippen molar-refractivity contribution in [3.63, 3.8) is 0 Å². The number of alkyl halides is 1. The zero-order valence-corrected chi connectivity index (χ0v) is 15.8. The molecule has 1 aliphatic heterocycles. The molecule has 4 nitrogen and oxygen atoms in total. The second kappa shape index (κ2) is 6.76.